The zero-order chi connectivity index (χ0) is 15.3. The second-order valence-corrected chi connectivity index (χ2v) is 3.92. The van der Waals surface area contributed by atoms with Crippen LogP contribution >= 0.6 is 0 Å². The van der Waals surface area contributed by atoms with Gasteiger partial charge in [-0.3, -0.25) is 20.2 Å². The molecule has 0 heterocycles. The normalized spacial score (nSPS) is 13.2. The van der Waals surface area contributed by atoms with Crippen LogP contribution in [-0.4, -0.2) is 20.9 Å². The van der Waals surface area contributed by atoms with Gasteiger partial charge in [-0.2, -0.15) is 0 Å². The van der Waals surface area contributed by atoms with Crippen molar-refractivity contribution in [3.05, 3.63) is 67.5 Å². The number of allylic oxidation sites excluding steroid dienone is 1. The molecule has 1 N–H and O–H groups in total. The molecular weight excluding hydrogens is 268 g/mol. The number of hydrogen-bond acceptors (Lipinski definition) is 5. The van der Waals surface area contributed by atoms with Gasteiger partial charge in [0, 0.05) is 0 Å². The van der Waals surface area contributed by atoms with E-state index < -0.39 is 33.1 Å². The summed E-state index contributed by atoms with van der Waals surface area (Å²) in [5.41, 5.74) is -1.84. The van der Waals surface area contributed by atoms with Crippen LogP contribution in [0.4, 0.5) is 0 Å². The molecule has 1 unspecified atom stereocenters. The predicted octanol–water partition coefficient (Wildman–Crippen LogP) is 2.03. The Balaban J connectivity index is 3.53. The molecule has 0 aromatic heterocycles. The molecule has 1 aromatic carbocycles. The van der Waals surface area contributed by atoms with Crippen molar-refractivity contribution in [2.75, 3.05) is 0 Å². The number of carboxylic acid groups (broad SMARTS) is 1. The van der Waals surface area contributed by atoms with E-state index in [4.69, 9.17) is 5.11 Å². The maximum absolute atomic E-state index is 11.1. The lowest BCUT2D eigenvalue weighted by Gasteiger charge is -2.11. The fraction of sp³-hybridized carbons (Fsp3) is 0.250. The highest BCUT2D eigenvalue weighted by Gasteiger charge is 2.41. The predicted molar refractivity (Wildman–Crippen MR) is 68.1 cm³/mol. The first-order valence-electron chi connectivity index (χ1n) is 5.71. The number of carboxylic acids is 1. The van der Waals surface area contributed by atoms with E-state index in [9.17, 15) is 25.0 Å². The van der Waals surface area contributed by atoms with Crippen LogP contribution in [0, 0.1) is 20.2 Å². The highest BCUT2D eigenvalue weighted by atomic mass is 16.6. The Hall–Kier alpha value is -2.77. The molecule has 1 aromatic rings. The Morgan fingerprint density at radius 1 is 1.20 bits per heavy atom. The molecule has 0 bridgehead atoms. The highest BCUT2D eigenvalue weighted by molar-refractivity contribution is 5.84. The first kappa shape index (κ1) is 15.3. The lowest BCUT2D eigenvalue weighted by atomic mass is 9.92. The summed E-state index contributed by atoms with van der Waals surface area (Å²) in [5.74, 6) is -2.88. The van der Waals surface area contributed by atoms with E-state index in [1.807, 2.05) is 0 Å². The van der Waals surface area contributed by atoms with Crippen LogP contribution in [0.3, 0.4) is 0 Å². The van der Waals surface area contributed by atoms with Gasteiger partial charge in [0.2, 0.25) is 0 Å². The second kappa shape index (κ2) is 6.41. The fourth-order valence-corrected chi connectivity index (χ4v) is 1.93. The fourth-order valence-electron chi connectivity index (χ4n) is 1.93. The molecule has 0 saturated carbocycles. The van der Waals surface area contributed by atoms with Gasteiger partial charge in [0.15, 0.2) is 0 Å². The zero-order valence-corrected chi connectivity index (χ0v) is 10.6. The number of aliphatic carboxylic acids is 1. The van der Waals surface area contributed by atoms with E-state index in [0.717, 1.165) is 0 Å². The molecule has 0 radical (unpaired) electrons. The van der Waals surface area contributed by atoms with Crippen molar-refractivity contribution in [1.82, 2.24) is 0 Å². The minimum Gasteiger partial charge on any atom is -0.473 e. The Morgan fingerprint density at radius 3 is 2.10 bits per heavy atom. The van der Waals surface area contributed by atoms with Crippen molar-refractivity contribution in [3.63, 3.8) is 0 Å². The van der Waals surface area contributed by atoms with Gasteiger partial charge in [0.05, 0.1) is 15.8 Å². The summed E-state index contributed by atoms with van der Waals surface area (Å²) in [7, 11) is 0. The molecule has 106 valence electrons. The first-order valence-corrected chi connectivity index (χ1v) is 5.71. The van der Waals surface area contributed by atoms with E-state index >= 15 is 0 Å². The molecule has 1 rings (SSSR count). The van der Waals surface area contributed by atoms with Crippen molar-refractivity contribution in [3.8, 4) is 0 Å². The number of nitrogens with zero attached hydrogens (tertiary/aromatic N) is 2. The molecule has 8 heteroatoms. The summed E-state index contributed by atoms with van der Waals surface area (Å²) in [6.07, 6.45) is 0.172. The minimum absolute atomic E-state index is 0.172. The highest BCUT2D eigenvalue weighted by Crippen LogP contribution is 2.30. The number of benzene rings is 1. The van der Waals surface area contributed by atoms with Gasteiger partial charge in [-0.05, 0) is 12.0 Å². The van der Waals surface area contributed by atoms with Gasteiger partial charge in [-0.1, -0.05) is 37.3 Å². The SMILES string of the molecule is CCC(/C(=C(/C(=O)O)[N+](=O)[O-])[N+](=O)[O-])c1ccccc1. The maximum atomic E-state index is 11.1. The standard InChI is InChI=1S/C12H12N2O6/c1-2-9(8-6-4-3-5-7-8)10(13(17)18)11(12(15)16)14(19)20/h3-7,9H,2H2,1H3,(H,15,16)/b11-10+. The second-order valence-electron chi connectivity index (χ2n) is 3.92. The van der Waals surface area contributed by atoms with Gasteiger partial charge in [-0.25, -0.2) is 4.79 Å². The monoisotopic (exact) mass is 280 g/mol. The van der Waals surface area contributed by atoms with Crippen LogP contribution < -0.4 is 0 Å². The van der Waals surface area contributed by atoms with Gasteiger partial charge in [0.25, 0.3) is 0 Å². The van der Waals surface area contributed by atoms with Crippen LogP contribution in [0.1, 0.15) is 24.8 Å². The molecule has 0 amide bonds. The molecule has 0 aliphatic heterocycles. The average molecular weight is 280 g/mol. The molecule has 0 aliphatic carbocycles. The van der Waals surface area contributed by atoms with E-state index in [2.05, 4.69) is 0 Å². The van der Waals surface area contributed by atoms with E-state index in [0.29, 0.717) is 5.56 Å². The van der Waals surface area contributed by atoms with Crippen molar-refractivity contribution in [2.24, 2.45) is 0 Å². The molecule has 20 heavy (non-hydrogen) atoms. The third-order valence-electron chi connectivity index (χ3n) is 2.76. The van der Waals surface area contributed by atoms with Gasteiger partial charge < -0.3 is 5.11 Å². The summed E-state index contributed by atoms with van der Waals surface area (Å²) in [5, 5.41) is 30.8. The van der Waals surface area contributed by atoms with Crippen molar-refractivity contribution >= 4 is 5.97 Å². The Labute approximate surface area is 113 Å². The van der Waals surface area contributed by atoms with Crippen LogP contribution in [-0.2, 0) is 4.79 Å². The molecule has 0 spiro atoms. The number of carbonyl (C=O) groups is 1. The number of hydrogen-bond donors (Lipinski definition) is 1. The van der Waals surface area contributed by atoms with Crippen LogP contribution in [0.15, 0.2) is 41.7 Å². The quantitative estimate of drug-likeness (QED) is 0.483. The molecule has 1 atom stereocenters. The lowest BCUT2D eigenvalue weighted by molar-refractivity contribution is -0.471. The zero-order valence-electron chi connectivity index (χ0n) is 10.6. The first-order chi connectivity index (χ1) is 9.40. The van der Waals surface area contributed by atoms with E-state index in [-0.39, 0.29) is 6.42 Å². The van der Waals surface area contributed by atoms with Crippen molar-refractivity contribution in [2.45, 2.75) is 19.3 Å². The summed E-state index contributed by atoms with van der Waals surface area (Å²) in [6.45, 7) is 1.60. The van der Waals surface area contributed by atoms with Crippen molar-refractivity contribution in [1.29, 1.82) is 0 Å². The maximum Gasteiger partial charge on any atom is 0.425 e. The largest absolute Gasteiger partial charge is 0.473 e. The molecular formula is C12H12N2O6. The summed E-state index contributed by atoms with van der Waals surface area (Å²) in [4.78, 5) is 30.6. The molecule has 0 aliphatic rings. The van der Waals surface area contributed by atoms with Crippen LogP contribution in [0.2, 0.25) is 0 Å². The van der Waals surface area contributed by atoms with Crippen LogP contribution in [0.25, 0.3) is 0 Å². The summed E-state index contributed by atoms with van der Waals surface area (Å²) in [6, 6.07) is 8.08. The smallest absolute Gasteiger partial charge is 0.425 e. The van der Waals surface area contributed by atoms with E-state index in [1.54, 1.807) is 37.3 Å². The van der Waals surface area contributed by atoms with E-state index in [1.165, 1.54) is 0 Å². The molecule has 0 saturated heterocycles. The Kier molecular flexibility index (Phi) is 4.90. The lowest BCUT2D eigenvalue weighted by Crippen LogP contribution is -2.21. The molecule has 8 nitrogen and oxygen atoms in total. The van der Waals surface area contributed by atoms with Gasteiger partial charge in [-0.15, -0.1) is 0 Å². The third-order valence-corrected chi connectivity index (χ3v) is 2.76. The third kappa shape index (κ3) is 3.16. The minimum atomic E-state index is -1.92. The summed E-state index contributed by atoms with van der Waals surface area (Å²) >= 11 is 0. The average Bonchev–Trinajstić information content (AvgIpc) is 2.38. The Bertz CT molecular complexity index is 551. The Morgan fingerprint density at radius 2 is 1.75 bits per heavy atom. The molecule has 0 fully saturated rings. The van der Waals surface area contributed by atoms with Crippen molar-refractivity contribution < 1.29 is 19.7 Å². The van der Waals surface area contributed by atoms with Gasteiger partial charge in [0.1, 0.15) is 0 Å². The topological polar surface area (TPSA) is 124 Å². The number of rotatable bonds is 6. The number of nitro groups is 2. The summed E-state index contributed by atoms with van der Waals surface area (Å²) < 4.78 is 0. The van der Waals surface area contributed by atoms with Crippen LogP contribution in [0.5, 0.6) is 0 Å². The van der Waals surface area contributed by atoms with Gasteiger partial charge >= 0.3 is 17.4 Å².